The fraction of sp³-hybridized carbons (Fsp3) is 0.417. The summed E-state index contributed by atoms with van der Waals surface area (Å²) in [5.74, 6) is 0.0252. The van der Waals surface area contributed by atoms with Crippen LogP contribution in [0.25, 0.3) is 0 Å². The highest BCUT2D eigenvalue weighted by molar-refractivity contribution is 5.68. The molecule has 88 valence electrons. The molecule has 0 bridgehead atoms. The van der Waals surface area contributed by atoms with E-state index in [9.17, 15) is 9.32 Å². The molecule has 1 unspecified atom stereocenters. The number of hydrogen-bond acceptors (Lipinski definition) is 3. The summed E-state index contributed by atoms with van der Waals surface area (Å²) in [6.45, 7) is 1.88. The number of carbonyl (C=O) groups is 1. The Labute approximate surface area is 94.1 Å². The van der Waals surface area contributed by atoms with Crippen LogP contribution in [0.15, 0.2) is 24.3 Å². The molecule has 0 aromatic heterocycles. The molecule has 0 aliphatic carbocycles. The lowest BCUT2D eigenvalue weighted by Gasteiger charge is -2.09. The molecule has 0 radical (unpaired) electrons. The fourth-order valence-electron chi connectivity index (χ4n) is 1.55. The van der Waals surface area contributed by atoms with Crippen LogP contribution in [0.5, 0.6) is 5.75 Å². The Hall–Kier alpha value is -1.58. The van der Waals surface area contributed by atoms with Crippen molar-refractivity contribution in [2.75, 3.05) is 7.11 Å². The van der Waals surface area contributed by atoms with Crippen molar-refractivity contribution < 1.29 is 19.0 Å². The van der Waals surface area contributed by atoms with Crippen LogP contribution < -0.4 is 4.74 Å². The average Bonchev–Trinajstić information content (AvgIpc) is 2.29. The number of benzene rings is 1. The van der Waals surface area contributed by atoms with Gasteiger partial charge in [0.1, 0.15) is 5.75 Å². The van der Waals surface area contributed by atoms with Crippen LogP contribution in [0, 0.1) is 5.92 Å². The maximum absolute atomic E-state index is 11.5. The molecule has 0 heterocycles. The normalized spacial score (nSPS) is 11.9. The fourth-order valence-corrected chi connectivity index (χ4v) is 1.55. The van der Waals surface area contributed by atoms with Crippen molar-refractivity contribution >= 4 is 5.97 Å². The maximum Gasteiger partial charge on any atom is 0.349 e. The monoisotopic (exact) mass is 226 g/mol. The minimum absolute atomic E-state index is 0.0524. The van der Waals surface area contributed by atoms with Gasteiger partial charge >= 0.3 is 5.97 Å². The Morgan fingerprint density at radius 3 is 2.50 bits per heavy atom. The standard InChI is InChI=1S/C12H15FO3/c1-9(8-12(14)16-13)7-10-3-5-11(15-2)6-4-10/h3-6,9H,7-8H2,1-2H3. The van der Waals surface area contributed by atoms with Gasteiger partial charge in [0.05, 0.1) is 13.5 Å². The summed E-state index contributed by atoms with van der Waals surface area (Å²) in [7, 11) is 1.61. The van der Waals surface area contributed by atoms with E-state index in [2.05, 4.69) is 4.94 Å². The predicted molar refractivity (Wildman–Crippen MR) is 57.7 cm³/mol. The van der Waals surface area contributed by atoms with Crippen LogP contribution in [0.4, 0.5) is 4.53 Å². The molecule has 1 aromatic rings. The minimum atomic E-state index is -0.819. The van der Waals surface area contributed by atoms with Crippen LogP contribution in [0.2, 0.25) is 0 Å². The van der Waals surface area contributed by atoms with Crippen molar-refractivity contribution in [3.05, 3.63) is 29.8 Å². The zero-order chi connectivity index (χ0) is 12.0. The number of methoxy groups -OCH3 is 1. The van der Waals surface area contributed by atoms with E-state index < -0.39 is 5.97 Å². The first-order chi connectivity index (χ1) is 7.65. The minimum Gasteiger partial charge on any atom is -0.497 e. The van der Waals surface area contributed by atoms with E-state index in [1.54, 1.807) is 7.11 Å². The van der Waals surface area contributed by atoms with Gasteiger partial charge in [0.25, 0.3) is 0 Å². The SMILES string of the molecule is COc1ccc(CC(C)CC(=O)OF)cc1. The van der Waals surface area contributed by atoms with Crippen molar-refractivity contribution in [3.63, 3.8) is 0 Å². The van der Waals surface area contributed by atoms with E-state index in [1.165, 1.54) is 0 Å². The first-order valence-electron chi connectivity index (χ1n) is 5.10. The number of carbonyl (C=O) groups excluding carboxylic acids is 1. The predicted octanol–water partition coefficient (Wildman–Crippen LogP) is 2.69. The average molecular weight is 226 g/mol. The van der Waals surface area contributed by atoms with Crippen molar-refractivity contribution in [1.82, 2.24) is 0 Å². The van der Waals surface area contributed by atoms with E-state index in [-0.39, 0.29) is 12.3 Å². The van der Waals surface area contributed by atoms with Gasteiger partial charge in [-0.05, 0) is 30.0 Å². The van der Waals surface area contributed by atoms with Crippen LogP contribution in [-0.2, 0) is 16.2 Å². The third kappa shape index (κ3) is 3.88. The lowest BCUT2D eigenvalue weighted by Crippen LogP contribution is -2.08. The second-order valence-electron chi connectivity index (χ2n) is 3.81. The van der Waals surface area contributed by atoms with Crippen LogP contribution in [0.3, 0.4) is 0 Å². The topological polar surface area (TPSA) is 35.5 Å². The van der Waals surface area contributed by atoms with Crippen LogP contribution in [-0.4, -0.2) is 13.1 Å². The molecule has 0 saturated heterocycles. The van der Waals surface area contributed by atoms with Gasteiger partial charge in [0.15, 0.2) is 0 Å². The lowest BCUT2D eigenvalue weighted by atomic mass is 9.98. The molecule has 0 amide bonds. The van der Waals surface area contributed by atoms with Gasteiger partial charge in [-0.25, -0.2) is 4.79 Å². The summed E-state index contributed by atoms with van der Waals surface area (Å²) < 4.78 is 16.6. The van der Waals surface area contributed by atoms with Gasteiger partial charge in [-0.2, -0.15) is 0 Å². The molecule has 1 atom stereocenters. The Morgan fingerprint density at radius 1 is 1.38 bits per heavy atom. The molecule has 0 fully saturated rings. The molecule has 4 heteroatoms. The summed E-state index contributed by atoms with van der Waals surface area (Å²) in [6, 6.07) is 7.57. The molecule has 3 nitrogen and oxygen atoms in total. The highest BCUT2D eigenvalue weighted by Crippen LogP contribution is 2.16. The number of ether oxygens (including phenoxy) is 1. The Balaban J connectivity index is 2.49. The first-order valence-corrected chi connectivity index (χ1v) is 5.10. The van der Waals surface area contributed by atoms with Gasteiger partial charge in [0.2, 0.25) is 0 Å². The second-order valence-corrected chi connectivity index (χ2v) is 3.81. The van der Waals surface area contributed by atoms with Gasteiger partial charge in [-0.15, -0.1) is 0 Å². The zero-order valence-electron chi connectivity index (χ0n) is 9.40. The van der Waals surface area contributed by atoms with Gasteiger partial charge in [-0.3, -0.25) is 4.94 Å². The van der Waals surface area contributed by atoms with E-state index in [0.717, 1.165) is 11.3 Å². The molecule has 0 aliphatic heterocycles. The van der Waals surface area contributed by atoms with Crippen LogP contribution >= 0.6 is 0 Å². The molecule has 0 spiro atoms. The zero-order valence-corrected chi connectivity index (χ0v) is 9.40. The van der Waals surface area contributed by atoms with Gasteiger partial charge in [0, 0.05) is 4.53 Å². The molecule has 0 aliphatic rings. The molecule has 1 aromatic carbocycles. The summed E-state index contributed by atoms with van der Waals surface area (Å²) >= 11 is 0. The molecular formula is C12H15FO3. The van der Waals surface area contributed by atoms with Crippen LogP contribution in [0.1, 0.15) is 18.9 Å². The summed E-state index contributed by atoms with van der Waals surface area (Å²) in [6.07, 6.45) is 0.793. The summed E-state index contributed by atoms with van der Waals surface area (Å²) in [4.78, 5) is 13.8. The maximum atomic E-state index is 11.5. The smallest absolute Gasteiger partial charge is 0.349 e. The Bertz CT molecular complexity index is 335. The number of hydrogen-bond donors (Lipinski definition) is 0. The number of rotatable bonds is 5. The Morgan fingerprint density at radius 2 is 2.00 bits per heavy atom. The first kappa shape index (κ1) is 12.5. The van der Waals surface area contributed by atoms with Gasteiger partial charge < -0.3 is 4.74 Å². The van der Waals surface area contributed by atoms with Gasteiger partial charge in [-0.1, -0.05) is 19.1 Å². The quantitative estimate of drug-likeness (QED) is 0.774. The van der Waals surface area contributed by atoms with E-state index in [4.69, 9.17) is 4.74 Å². The summed E-state index contributed by atoms with van der Waals surface area (Å²) in [5.41, 5.74) is 1.08. The van der Waals surface area contributed by atoms with E-state index in [1.807, 2.05) is 31.2 Å². The van der Waals surface area contributed by atoms with Crippen molar-refractivity contribution in [1.29, 1.82) is 0 Å². The highest BCUT2D eigenvalue weighted by atomic mass is 19.3. The lowest BCUT2D eigenvalue weighted by molar-refractivity contribution is -0.184. The third-order valence-corrected chi connectivity index (χ3v) is 2.34. The number of halogens is 1. The molecule has 0 saturated carbocycles. The van der Waals surface area contributed by atoms with E-state index >= 15 is 0 Å². The van der Waals surface area contributed by atoms with Crippen molar-refractivity contribution in [2.45, 2.75) is 19.8 Å². The molecule has 16 heavy (non-hydrogen) atoms. The summed E-state index contributed by atoms with van der Waals surface area (Å²) in [5, 5.41) is 0. The van der Waals surface area contributed by atoms with Crippen molar-refractivity contribution in [2.24, 2.45) is 5.92 Å². The van der Waals surface area contributed by atoms with E-state index in [0.29, 0.717) is 6.42 Å². The second kappa shape index (κ2) is 6.10. The van der Waals surface area contributed by atoms with Crippen molar-refractivity contribution in [3.8, 4) is 5.75 Å². The molecule has 0 N–H and O–H groups in total. The highest BCUT2D eigenvalue weighted by Gasteiger charge is 2.11. The third-order valence-electron chi connectivity index (χ3n) is 2.34. The molecular weight excluding hydrogens is 211 g/mol. The molecule has 1 rings (SSSR count). The Kier molecular flexibility index (Phi) is 4.76. The largest absolute Gasteiger partial charge is 0.497 e.